The molecular formula is C15H25BN2O4S. The summed E-state index contributed by atoms with van der Waals surface area (Å²) in [6.45, 7) is 12.1. The zero-order chi connectivity index (χ0) is 17.5. The lowest BCUT2D eigenvalue weighted by molar-refractivity contribution is 0.00578. The molecule has 0 amide bonds. The van der Waals surface area contributed by atoms with E-state index in [0.717, 1.165) is 0 Å². The summed E-state index contributed by atoms with van der Waals surface area (Å²) in [5, 5.41) is 0. The van der Waals surface area contributed by atoms with Crippen molar-refractivity contribution < 1.29 is 17.7 Å². The van der Waals surface area contributed by atoms with Gasteiger partial charge in [0.25, 0.3) is 0 Å². The summed E-state index contributed by atoms with van der Waals surface area (Å²) >= 11 is 0. The second-order valence-corrected chi connectivity index (χ2v) is 8.47. The van der Waals surface area contributed by atoms with Gasteiger partial charge < -0.3 is 9.31 Å². The number of sulfonamides is 1. The summed E-state index contributed by atoms with van der Waals surface area (Å²) in [6, 6.07) is 3.17. The van der Waals surface area contributed by atoms with Crippen LogP contribution in [0.4, 0.5) is 0 Å². The molecule has 0 atom stereocenters. The molecule has 1 saturated heterocycles. The van der Waals surface area contributed by atoms with E-state index in [1.165, 1.54) is 4.31 Å². The van der Waals surface area contributed by atoms with Crippen LogP contribution < -0.4 is 5.59 Å². The van der Waals surface area contributed by atoms with Gasteiger partial charge in [0.2, 0.25) is 10.0 Å². The van der Waals surface area contributed by atoms with Crippen LogP contribution >= 0.6 is 0 Å². The Morgan fingerprint density at radius 1 is 1.13 bits per heavy atom. The zero-order valence-electron chi connectivity index (χ0n) is 14.7. The minimum absolute atomic E-state index is 0.141. The van der Waals surface area contributed by atoms with Crippen LogP contribution in [0.1, 0.15) is 41.5 Å². The number of hydrogen-bond acceptors (Lipinski definition) is 5. The fourth-order valence-corrected chi connectivity index (χ4v) is 4.08. The van der Waals surface area contributed by atoms with Crippen molar-refractivity contribution in [1.82, 2.24) is 9.29 Å². The predicted octanol–water partition coefficient (Wildman–Crippen LogP) is 1.41. The van der Waals surface area contributed by atoms with Crippen molar-refractivity contribution in [3.05, 3.63) is 18.3 Å². The standard InChI is InChI=1S/C15H25BN2O4S/c1-7-18(8-2)23(19,20)12-10-9-11-17-13(12)16-21-14(3,4)15(5,6)22-16/h9-11H,7-8H2,1-6H3. The average Bonchev–Trinajstić information content (AvgIpc) is 2.68. The maximum absolute atomic E-state index is 12.9. The van der Waals surface area contributed by atoms with Crippen molar-refractivity contribution in [3.63, 3.8) is 0 Å². The van der Waals surface area contributed by atoms with Gasteiger partial charge in [-0.1, -0.05) is 13.8 Å². The second-order valence-electron chi connectivity index (χ2n) is 6.56. The number of nitrogens with zero attached hydrogens (tertiary/aromatic N) is 2. The topological polar surface area (TPSA) is 68.7 Å². The highest BCUT2D eigenvalue weighted by atomic mass is 32.2. The van der Waals surface area contributed by atoms with Gasteiger partial charge in [-0.15, -0.1) is 0 Å². The third-order valence-corrected chi connectivity index (χ3v) is 6.70. The van der Waals surface area contributed by atoms with Crippen LogP contribution in [0.15, 0.2) is 23.2 Å². The van der Waals surface area contributed by atoms with Gasteiger partial charge in [0.1, 0.15) is 4.90 Å². The first-order valence-corrected chi connectivity index (χ1v) is 9.31. The third kappa shape index (κ3) is 3.17. The number of pyridine rings is 1. The average molecular weight is 340 g/mol. The Bertz CT molecular complexity index is 656. The van der Waals surface area contributed by atoms with E-state index < -0.39 is 28.3 Å². The molecule has 0 radical (unpaired) electrons. The van der Waals surface area contributed by atoms with Crippen molar-refractivity contribution in [2.24, 2.45) is 0 Å². The summed E-state index contributed by atoms with van der Waals surface area (Å²) in [6.07, 6.45) is 1.56. The molecule has 0 aromatic carbocycles. The smallest absolute Gasteiger partial charge is 0.398 e. The van der Waals surface area contributed by atoms with Gasteiger partial charge in [-0.05, 0) is 39.8 Å². The van der Waals surface area contributed by atoms with E-state index in [2.05, 4.69) is 4.98 Å². The SMILES string of the molecule is CCN(CC)S(=O)(=O)c1cccnc1B1OC(C)(C)C(C)(C)O1. The minimum atomic E-state index is -3.63. The van der Waals surface area contributed by atoms with E-state index in [9.17, 15) is 8.42 Å². The highest BCUT2D eigenvalue weighted by molar-refractivity contribution is 7.89. The quantitative estimate of drug-likeness (QED) is 0.758. The molecule has 1 fully saturated rings. The lowest BCUT2D eigenvalue weighted by atomic mass is 9.84. The van der Waals surface area contributed by atoms with Crippen LogP contribution in [0.3, 0.4) is 0 Å². The van der Waals surface area contributed by atoms with Crippen LogP contribution in [-0.4, -0.2) is 49.1 Å². The van der Waals surface area contributed by atoms with E-state index in [-0.39, 0.29) is 4.90 Å². The molecule has 0 bridgehead atoms. The van der Waals surface area contributed by atoms with E-state index in [1.54, 1.807) is 18.3 Å². The Hall–Kier alpha value is -0.955. The molecule has 2 heterocycles. The van der Waals surface area contributed by atoms with Crippen molar-refractivity contribution in [2.75, 3.05) is 13.1 Å². The lowest BCUT2D eigenvalue weighted by Crippen LogP contribution is -2.43. The van der Waals surface area contributed by atoms with Crippen LogP contribution in [0.2, 0.25) is 0 Å². The van der Waals surface area contributed by atoms with Crippen LogP contribution in [0.25, 0.3) is 0 Å². The van der Waals surface area contributed by atoms with Gasteiger partial charge in [0, 0.05) is 19.3 Å². The van der Waals surface area contributed by atoms with Crippen molar-refractivity contribution in [2.45, 2.75) is 57.6 Å². The monoisotopic (exact) mass is 340 g/mol. The first kappa shape index (κ1) is 18.4. The van der Waals surface area contributed by atoms with E-state index >= 15 is 0 Å². The molecule has 23 heavy (non-hydrogen) atoms. The second kappa shape index (κ2) is 6.16. The van der Waals surface area contributed by atoms with Crippen molar-refractivity contribution >= 4 is 22.7 Å². The molecule has 0 saturated carbocycles. The molecule has 128 valence electrons. The molecule has 1 aliphatic heterocycles. The molecule has 1 aliphatic rings. The van der Waals surface area contributed by atoms with E-state index in [4.69, 9.17) is 9.31 Å². The molecule has 0 spiro atoms. The summed E-state index contributed by atoms with van der Waals surface area (Å²) in [7, 11) is -4.44. The van der Waals surface area contributed by atoms with Crippen LogP contribution in [-0.2, 0) is 19.3 Å². The summed E-state index contributed by atoms with van der Waals surface area (Å²) in [5.41, 5.74) is -0.797. The Morgan fingerprint density at radius 3 is 2.13 bits per heavy atom. The van der Waals surface area contributed by atoms with E-state index in [0.29, 0.717) is 18.7 Å². The zero-order valence-corrected chi connectivity index (χ0v) is 15.5. The predicted molar refractivity (Wildman–Crippen MR) is 90.1 cm³/mol. The fraction of sp³-hybridized carbons (Fsp3) is 0.667. The largest absolute Gasteiger partial charge is 0.515 e. The summed E-state index contributed by atoms with van der Waals surface area (Å²) in [4.78, 5) is 4.39. The first-order chi connectivity index (χ1) is 10.6. The number of aromatic nitrogens is 1. The highest BCUT2D eigenvalue weighted by Crippen LogP contribution is 2.36. The van der Waals surface area contributed by atoms with E-state index in [1.807, 2.05) is 41.5 Å². The lowest BCUT2D eigenvalue weighted by Gasteiger charge is -2.32. The Kier molecular flexibility index (Phi) is 4.93. The molecule has 6 nitrogen and oxygen atoms in total. The maximum atomic E-state index is 12.9. The Labute approximate surface area is 139 Å². The summed E-state index contributed by atoms with van der Waals surface area (Å²) in [5.74, 6) is 0. The van der Waals surface area contributed by atoms with Gasteiger partial charge >= 0.3 is 7.12 Å². The molecule has 8 heteroatoms. The summed E-state index contributed by atoms with van der Waals surface area (Å²) < 4.78 is 39.1. The Morgan fingerprint density at radius 2 is 1.65 bits per heavy atom. The first-order valence-electron chi connectivity index (χ1n) is 7.87. The molecule has 0 unspecified atom stereocenters. The van der Waals surface area contributed by atoms with Crippen LogP contribution in [0.5, 0.6) is 0 Å². The van der Waals surface area contributed by atoms with Crippen molar-refractivity contribution in [3.8, 4) is 0 Å². The van der Waals surface area contributed by atoms with Crippen molar-refractivity contribution in [1.29, 1.82) is 0 Å². The van der Waals surface area contributed by atoms with Gasteiger partial charge in [-0.2, -0.15) is 4.31 Å². The molecular weight excluding hydrogens is 315 g/mol. The fourth-order valence-electron chi connectivity index (χ4n) is 2.46. The van der Waals surface area contributed by atoms with Gasteiger partial charge in [-0.3, -0.25) is 4.98 Å². The normalized spacial score (nSPS) is 20.2. The van der Waals surface area contributed by atoms with Crippen LogP contribution in [0, 0.1) is 0 Å². The molecule has 0 N–H and O–H groups in total. The minimum Gasteiger partial charge on any atom is -0.398 e. The molecule has 1 aromatic heterocycles. The maximum Gasteiger partial charge on any atom is 0.515 e. The molecule has 1 aromatic rings. The molecule has 2 rings (SSSR count). The molecule has 0 aliphatic carbocycles. The number of hydrogen-bond donors (Lipinski definition) is 0. The van der Waals surface area contributed by atoms with Gasteiger partial charge in [0.15, 0.2) is 0 Å². The number of rotatable bonds is 5. The van der Waals surface area contributed by atoms with Gasteiger partial charge in [0.05, 0.1) is 16.8 Å². The Balaban J connectivity index is 2.48. The highest BCUT2D eigenvalue weighted by Gasteiger charge is 2.53. The van der Waals surface area contributed by atoms with Gasteiger partial charge in [-0.25, -0.2) is 8.42 Å². The third-order valence-electron chi connectivity index (χ3n) is 4.60.